The van der Waals surface area contributed by atoms with Crippen LogP contribution in [0.25, 0.3) is 0 Å². The van der Waals surface area contributed by atoms with E-state index in [-0.39, 0.29) is 18.3 Å². The Hall–Kier alpha value is -1.62. The number of rotatable bonds is 7. The van der Waals surface area contributed by atoms with Crippen LogP contribution in [0, 0.1) is 5.82 Å². The summed E-state index contributed by atoms with van der Waals surface area (Å²) in [6, 6.07) is 5.15. The third-order valence-electron chi connectivity index (χ3n) is 2.96. The highest BCUT2D eigenvalue weighted by atomic mass is 19.1. The van der Waals surface area contributed by atoms with Crippen LogP contribution in [-0.2, 0) is 11.3 Å². The van der Waals surface area contributed by atoms with Gasteiger partial charge in [-0.2, -0.15) is 0 Å². The van der Waals surface area contributed by atoms with Crippen molar-refractivity contribution in [1.29, 1.82) is 0 Å². The van der Waals surface area contributed by atoms with Crippen LogP contribution < -0.4 is 15.4 Å². The Morgan fingerprint density at radius 2 is 2.15 bits per heavy atom. The predicted molar refractivity (Wildman–Crippen MR) is 75.0 cm³/mol. The second kappa shape index (κ2) is 6.70. The summed E-state index contributed by atoms with van der Waals surface area (Å²) in [5.74, 6) is -0.124. The molecule has 0 spiro atoms. The van der Waals surface area contributed by atoms with Crippen molar-refractivity contribution < 1.29 is 13.9 Å². The summed E-state index contributed by atoms with van der Waals surface area (Å²) in [6.07, 6.45) is 2.08. The number of carbonyl (C=O) groups excluding carboxylic acids is 1. The molecule has 1 aromatic rings. The molecule has 0 heterocycles. The number of hydrogen-bond acceptors (Lipinski definition) is 3. The van der Waals surface area contributed by atoms with Gasteiger partial charge >= 0.3 is 0 Å². The number of nitrogens with one attached hydrogen (secondary N) is 2. The van der Waals surface area contributed by atoms with Gasteiger partial charge in [0.1, 0.15) is 11.6 Å². The Bertz CT molecular complexity index is 473. The Morgan fingerprint density at radius 1 is 1.40 bits per heavy atom. The lowest BCUT2D eigenvalue weighted by atomic mass is 10.2. The first-order valence-corrected chi connectivity index (χ1v) is 6.98. The van der Waals surface area contributed by atoms with Gasteiger partial charge in [0.2, 0.25) is 0 Å². The average Bonchev–Trinajstić information content (AvgIpc) is 3.17. The lowest BCUT2D eigenvalue weighted by Gasteiger charge is -2.11. The van der Waals surface area contributed by atoms with E-state index in [9.17, 15) is 9.18 Å². The van der Waals surface area contributed by atoms with E-state index in [0.717, 1.165) is 18.4 Å². The third-order valence-corrected chi connectivity index (χ3v) is 2.96. The fraction of sp³-hybridized carbons (Fsp3) is 0.533. The molecule has 110 valence electrons. The molecule has 1 amide bonds. The molecule has 1 saturated carbocycles. The molecular weight excluding hydrogens is 259 g/mol. The first-order chi connectivity index (χ1) is 9.52. The second-order valence-electron chi connectivity index (χ2n) is 5.46. The van der Waals surface area contributed by atoms with Crippen LogP contribution in [-0.4, -0.2) is 24.6 Å². The van der Waals surface area contributed by atoms with Crippen LogP contribution in [0.1, 0.15) is 32.3 Å². The van der Waals surface area contributed by atoms with Crippen molar-refractivity contribution in [1.82, 2.24) is 10.6 Å². The Morgan fingerprint density at radius 3 is 2.80 bits per heavy atom. The molecule has 2 N–H and O–H groups in total. The fourth-order valence-corrected chi connectivity index (χ4v) is 1.77. The highest BCUT2D eigenvalue weighted by molar-refractivity contribution is 5.78. The third kappa shape index (κ3) is 5.17. The average molecular weight is 280 g/mol. The maximum Gasteiger partial charge on any atom is 0.258 e. The van der Waals surface area contributed by atoms with Gasteiger partial charge in [0.05, 0.1) is 0 Å². The van der Waals surface area contributed by atoms with Crippen molar-refractivity contribution in [3.8, 4) is 5.75 Å². The predicted octanol–water partition coefficient (Wildman–Crippen LogP) is 1.98. The molecule has 0 bridgehead atoms. The normalized spacial score (nSPS) is 14.4. The zero-order valence-corrected chi connectivity index (χ0v) is 11.9. The van der Waals surface area contributed by atoms with E-state index in [1.54, 1.807) is 6.07 Å². The molecule has 4 nitrogen and oxygen atoms in total. The largest absolute Gasteiger partial charge is 0.484 e. The van der Waals surface area contributed by atoms with Gasteiger partial charge in [-0.1, -0.05) is 13.8 Å². The van der Waals surface area contributed by atoms with E-state index >= 15 is 0 Å². The molecule has 1 aliphatic carbocycles. The van der Waals surface area contributed by atoms with E-state index in [1.165, 1.54) is 12.1 Å². The minimum absolute atomic E-state index is 0.0724. The van der Waals surface area contributed by atoms with Crippen molar-refractivity contribution in [3.05, 3.63) is 29.6 Å². The van der Waals surface area contributed by atoms with Gasteiger partial charge in [0, 0.05) is 24.7 Å². The summed E-state index contributed by atoms with van der Waals surface area (Å²) in [5.41, 5.74) is 0.802. The Labute approximate surface area is 118 Å². The number of carbonyl (C=O) groups is 1. The lowest BCUT2D eigenvalue weighted by Crippen LogP contribution is -2.30. The quantitative estimate of drug-likeness (QED) is 0.803. The Kier molecular flexibility index (Phi) is 4.95. The number of halogens is 1. The topological polar surface area (TPSA) is 50.4 Å². The second-order valence-corrected chi connectivity index (χ2v) is 5.46. The number of ether oxygens (including phenoxy) is 1. The summed E-state index contributed by atoms with van der Waals surface area (Å²) >= 11 is 0. The summed E-state index contributed by atoms with van der Waals surface area (Å²) in [6.45, 7) is 4.55. The van der Waals surface area contributed by atoms with Crippen LogP contribution in [0.2, 0.25) is 0 Å². The molecule has 1 aliphatic rings. The van der Waals surface area contributed by atoms with Crippen LogP contribution in [0.5, 0.6) is 5.75 Å². The van der Waals surface area contributed by atoms with Crippen LogP contribution in [0.3, 0.4) is 0 Å². The van der Waals surface area contributed by atoms with Crippen molar-refractivity contribution in [3.63, 3.8) is 0 Å². The first kappa shape index (κ1) is 14.8. The molecule has 0 unspecified atom stereocenters. The zero-order chi connectivity index (χ0) is 14.5. The molecule has 0 saturated heterocycles. The highest BCUT2D eigenvalue weighted by Crippen LogP contribution is 2.19. The monoisotopic (exact) mass is 280 g/mol. The summed E-state index contributed by atoms with van der Waals surface area (Å²) < 4.78 is 18.8. The molecule has 0 radical (unpaired) electrons. The summed E-state index contributed by atoms with van der Waals surface area (Å²) in [4.78, 5) is 11.5. The van der Waals surface area contributed by atoms with Gasteiger partial charge in [-0.3, -0.25) is 4.79 Å². The smallest absolute Gasteiger partial charge is 0.258 e. The standard InChI is InChI=1S/C15H21FN2O2/c1-10(2)17-8-11-5-12(16)7-14(6-11)20-9-15(19)18-13-3-4-13/h5-7,10,13,17H,3-4,8-9H2,1-2H3,(H,18,19). The van der Waals surface area contributed by atoms with E-state index in [2.05, 4.69) is 10.6 Å². The minimum atomic E-state index is -0.356. The van der Waals surface area contributed by atoms with Gasteiger partial charge in [0.15, 0.2) is 6.61 Å². The maximum atomic E-state index is 13.5. The van der Waals surface area contributed by atoms with Crippen molar-refractivity contribution in [2.45, 2.75) is 45.3 Å². The molecule has 0 aliphatic heterocycles. The molecule has 1 aromatic carbocycles. The minimum Gasteiger partial charge on any atom is -0.484 e. The molecule has 0 atom stereocenters. The van der Waals surface area contributed by atoms with E-state index < -0.39 is 0 Å². The van der Waals surface area contributed by atoms with E-state index in [1.807, 2.05) is 13.8 Å². The summed E-state index contributed by atoms with van der Waals surface area (Å²) in [7, 11) is 0. The van der Waals surface area contributed by atoms with Gasteiger partial charge in [-0.15, -0.1) is 0 Å². The van der Waals surface area contributed by atoms with E-state index in [0.29, 0.717) is 24.4 Å². The molecule has 1 fully saturated rings. The molecule has 20 heavy (non-hydrogen) atoms. The fourth-order valence-electron chi connectivity index (χ4n) is 1.77. The van der Waals surface area contributed by atoms with E-state index in [4.69, 9.17) is 4.74 Å². The number of hydrogen-bond donors (Lipinski definition) is 2. The number of amides is 1. The molecular formula is C15H21FN2O2. The zero-order valence-electron chi connectivity index (χ0n) is 11.9. The molecule has 2 rings (SSSR count). The van der Waals surface area contributed by atoms with Crippen molar-refractivity contribution in [2.24, 2.45) is 0 Å². The van der Waals surface area contributed by atoms with Crippen molar-refractivity contribution in [2.75, 3.05) is 6.61 Å². The molecule has 0 aromatic heterocycles. The Balaban J connectivity index is 1.87. The first-order valence-electron chi connectivity index (χ1n) is 6.98. The van der Waals surface area contributed by atoms with Gasteiger partial charge in [-0.05, 0) is 30.5 Å². The lowest BCUT2D eigenvalue weighted by molar-refractivity contribution is -0.123. The maximum absolute atomic E-state index is 13.5. The van der Waals surface area contributed by atoms with Crippen LogP contribution in [0.15, 0.2) is 18.2 Å². The van der Waals surface area contributed by atoms with Gasteiger partial charge in [-0.25, -0.2) is 4.39 Å². The van der Waals surface area contributed by atoms with Crippen molar-refractivity contribution >= 4 is 5.91 Å². The van der Waals surface area contributed by atoms with Crippen LogP contribution >= 0.6 is 0 Å². The van der Waals surface area contributed by atoms with Crippen LogP contribution in [0.4, 0.5) is 4.39 Å². The molecule has 5 heteroatoms. The van der Waals surface area contributed by atoms with Gasteiger partial charge < -0.3 is 15.4 Å². The van der Waals surface area contributed by atoms with Gasteiger partial charge in [0.25, 0.3) is 5.91 Å². The number of benzene rings is 1. The highest BCUT2D eigenvalue weighted by Gasteiger charge is 2.23. The summed E-state index contributed by atoms with van der Waals surface area (Å²) in [5, 5.41) is 6.04. The SMILES string of the molecule is CC(C)NCc1cc(F)cc(OCC(=O)NC2CC2)c1.